The largest absolute Gasteiger partial charge is 0.439 e. The lowest BCUT2D eigenvalue weighted by Gasteiger charge is -2.38. The lowest BCUT2D eigenvalue weighted by atomic mass is 9.95. The molecule has 5 nitrogen and oxygen atoms in total. The Labute approximate surface area is 174 Å². The Bertz CT molecular complexity index is 936. The number of fused-ring (bicyclic) bond motifs is 1. The second-order valence-corrected chi connectivity index (χ2v) is 8.63. The van der Waals surface area contributed by atoms with Gasteiger partial charge in [0, 0.05) is 4.88 Å². The molecule has 0 saturated heterocycles. The molecule has 2 aromatic rings. The van der Waals surface area contributed by atoms with E-state index >= 15 is 0 Å². The second-order valence-electron chi connectivity index (χ2n) is 6.58. The molecule has 1 aliphatic rings. The van der Waals surface area contributed by atoms with E-state index in [0.29, 0.717) is 58.8 Å². The van der Waals surface area contributed by atoms with E-state index in [2.05, 4.69) is 0 Å². The van der Waals surface area contributed by atoms with E-state index in [4.69, 9.17) is 5.73 Å². The van der Waals surface area contributed by atoms with Gasteiger partial charge in [0.2, 0.25) is 0 Å². The Balaban J connectivity index is 2.13. The Kier molecular flexibility index (Phi) is 5.80. The predicted octanol–water partition coefficient (Wildman–Crippen LogP) is 4.45. The van der Waals surface area contributed by atoms with Gasteiger partial charge in [0.05, 0.1) is 10.4 Å². The van der Waals surface area contributed by atoms with Crippen molar-refractivity contribution in [2.45, 2.75) is 43.7 Å². The van der Waals surface area contributed by atoms with Gasteiger partial charge in [-0.1, -0.05) is 6.07 Å². The number of nitrogens with one attached hydrogen (secondary N) is 2. The lowest BCUT2D eigenvalue weighted by Crippen LogP contribution is -2.72. The maximum Gasteiger partial charge on any atom is 0.439 e. The van der Waals surface area contributed by atoms with Crippen molar-refractivity contribution >= 4 is 39.5 Å². The molecule has 0 spiro atoms. The summed E-state index contributed by atoms with van der Waals surface area (Å²) in [6, 6.07) is 2.41. The Hall–Kier alpha value is -2.28. The fourth-order valence-electron chi connectivity index (χ4n) is 3.20. The first-order chi connectivity index (χ1) is 13.9. The van der Waals surface area contributed by atoms with E-state index in [1.54, 1.807) is 0 Å². The molecule has 0 aliphatic heterocycles. The van der Waals surface area contributed by atoms with Gasteiger partial charge >= 0.3 is 18.0 Å². The number of nitrogens with two attached hydrogens (primary N) is 1. The molecule has 0 fully saturated rings. The Morgan fingerprint density at radius 3 is 2.20 bits per heavy atom. The van der Waals surface area contributed by atoms with Gasteiger partial charge < -0.3 is 16.4 Å². The third kappa shape index (κ3) is 3.87. The Morgan fingerprint density at radius 1 is 1.03 bits per heavy atom. The topological polar surface area (TPSA) is 84.2 Å². The number of aryl methyl sites for hydroxylation is 1. The molecule has 2 heterocycles. The maximum absolute atomic E-state index is 13.9. The van der Waals surface area contributed by atoms with E-state index in [1.807, 2.05) is 0 Å². The number of carbonyl (C=O) groups excluding carboxylic acids is 2. The van der Waals surface area contributed by atoms with Crippen LogP contribution in [0.15, 0.2) is 17.5 Å². The van der Waals surface area contributed by atoms with Crippen LogP contribution in [0.1, 0.15) is 43.3 Å². The van der Waals surface area contributed by atoms with Gasteiger partial charge in [-0.3, -0.25) is 9.59 Å². The van der Waals surface area contributed by atoms with Crippen LogP contribution in [0.5, 0.6) is 0 Å². The quantitative estimate of drug-likeness (QED) is 0.445. The molecular formula is C17H15F6N3O2S2. The van der Waals surface area contributed by atoms with Crippen molar-refractivity contribution in [3.63, 3.8) is 0 Å². The highest BCUT2D eigenvalue weighted by Gasteiger charge is 2.73. The fourth-order valence-corrected chi connectivity index (χ4v) is 5.17. The van der Waals surface area contributed by atoms with Crippen molar-refractivity contribution in [2.75, 3.05) is 5.32 Å². The first kappa shape index (κ1) is 22.4. The van der Waals surface area contributed by atoms with Gasteiger partial charge in [-0.25, -0.2) is 0 Å². The molecule has 4 N–H and O–H groups in total. The molecule has 0 bridgehead atoms. The summed E-state index contributed by atoms with van der Waals surface area (Å²) >= 11 is 1.30. The molecule has 164 valence electrons. The standard InChI is InChI=1S/C17H15F6N3O2S2/c18-16(19,20)15(17(21,22)23,25-13(28)10-6-3-7-29-10)26-14-11(12(24)27)8-4-1-2-5-9(8)30-14/h3,6-7,26H,1-2,4-5H2,(H2,24,27)(H,25,28). The van der Waals surface area contributed by atoms with Crippen molar-refractivity contribution in [2.24, 2.45) is 5.73 Å². The molecule has 2 amide bonds. The number of halogens is 6. The number of amides is 2. The van der Waals surface area contributed by atoms with Crippen LogP contribution in [-0.2, 0) is 12.8 Å². The molecule has 2 aromatic heterocycles. The van der Waals surface area contributed by atoms with Crippen molar-refractivity contribution in [1.82, 2.24) is 5.32 Å². The average Bonchev–Trinajstić information content (AvgIpc) is 3.26. The zero-order valence-electron chi connectivity index (χ0n) is 15.0. The molecule has 0 aromatic carbocycles. The summed E-state index contributed by atoms with van der Waals surface area (Å²) in [5.74, 6) is -2.70. The van der Waals surface area contributed by atoms with Gasteiger partial charge in [-0.2, -0.15) is 26.3 Å². The van der Waals surface area contributed by atoms with Gasteiger partial charge in [0.25, 0.3) is 11.8 Å². The van der Waals surface area contributed by atoms with Crippen LogP contribution in [-0.4, -0.2) is 29.8 Å². The van der Waals surface area contributed by atoms with Crippen LogP contribution in [0, 0.1) is 0 Å². The van der Waals surface area contributed by atoms with Crippen LogP contribution in [0.3, 0.4) is 0 Å². The lowest BCUT2D eigenvalue weighted by molar-refractivity contribution is -0.293. The molecule has 13 heteroatoms. The monoisotopic (exact) mass is 471 g/mol. The highest BCUT2D eigenvalue weighted by atomic mass is 32.1. The van der Waals surface area contributed by atoms with Crippen LogP contribution in [0.4, 0.5) is 31.3 Å². The number of anilines is 1. The number of alkyl halides is 6. The molecule has 0 radical (unpaired) electrons. The third-order valence-corrected chi connectivity index (χ3v) is 6.69. The van der Waals surface area contributed by atoms with Crippen molar-refractivity contribution in [3.05, 3.63) is 38.4 Å². The van der Waals surface area contributed by atoms with E-state index in [1.165, 1.54) is 16.8 Å². The normalized spacial score (nSPS) is 14.9. The molecule has 1 aliphatic carbocycles. The van der Waals surface area contributed by atoms with E-state index in [0.717, 1.165) is 11.4 Å². The molecular weight excluding hydrogens is 456 g/mol. The van der Waals surface area contributed by atoms with E-state index in [-0.39, 0.29) is 4.88 Å². The van der Waals surface area contributed by atoms with Crippen molar-refractivity contribution in [1.29, 1.82) is 0 Å². The minimum absolute atomic E-state index is 0.318. The molecule has 3 rings (SSSR count). The zero-order valence-corrected chi connectivity index (χ0v) is 16.7. The predicted molar refractivity (Wildman–Crippen MR) is 99.7 cm³/mol. The fraction of sp³-hybridized carbons (Fsp3) is 0.412. The number of rotatable bonds is 5. The maximum atomic E-state index is 13.9. The van der Waals surface area contributed by atoms with Crippen molar-refractivity contribution in [3.8, 4) is 0 Å². The summed E-state index contributed by atoms with van der Waals surface area (Å²) in [6.45, 7) is 0. The van der Waals surface area contributed by atoms with Gasteiger partial charge in [0.15, 0.2) is 0 Å². The molecule has 0 saturated carbocycles. The number of carbonyl (C=O) groups is 2. The minimum Gasteiger partial charge on any atom is -0.365 e. The first-order valence-corrected chi connectivity index (χ1v) is 10.3. The van der Waals surface area contributed by atoms with Crippen LogP contribution < -0.4 is 16.4 Å². The van der Waals surface area contributed by atoms with Crippen LogP contribution >= 0.6 is 22.7 Å². The molecule has 0 unspecified atom stereocenters. The van der Waals surface area contributed by atoms with Crippen LogP contribution in [0.2, 0.25) is 0 Å². The summed E-state index contributed by atoms with van der Waals surface area (Å²) in [5, 5.41) is 3.15. The highest BCUT2D eigenvalue weighted by molar-refractivity contribution is 7.16. The van der Waals surface area contributed by atoms with E-state index in [9.17, 15) is 35.9 Å². The summed E-state index contributed by atoms with van der Waals surface area (Å²) in [6.07, 6.45) is -9.94. The van der Waals surface area contributed by atoms with Crippen molar-refractivity contribution < 1.29 is 35.9 Å². The first-order valence-electron chi connectivity index (χ1n) is 8.59. The van der Waals surface area contributed by atoms with Gasteiger partial charge in [-0.15, -0.1) is 22.7 Å². The summed E-state index contributed by atoms with van der Waals surface area (Å²) in [5.41, 5.74) is 0.404. The highest BCUT2D eigenvalue weighted by Crippen LogP contribution is 2.47. The number of hydrogen-bond donors (Lipinski definition) is 3. The minimum atomic E-state index is -5.99. The van der Waals surface area contributed by atoms with Gasteiger partial charge in [0.1, 0.15) is 5.00 Å². The number of thiophene rings is 2. The Morgan fingerprint density at radius 2 is 1.67 bits per heavy atom. The summed E-state index contributed by atoms with van der Waals surface area (Å²) in [7, 11) is 0. The SMILES string of the molecule is NC(=O)c1c(NC(NC(=O)c2cccs2)(C(F)(F)F)C(F)(F)F)sc2c1CCCC2. The molecule has 30 heavy (non-hydrogen) atoms. The molecule has 0 atom stereocenters. The van der Waals surface area contributed by atoms with Crippen LogP contribution in [0.25, 0.3) is 0 Å². The van der Waals surface area contributed by atoms with E-state index < -0.39 is 40.4 Å². The average molecular weight is 471 g/mol. The zero-order chi connectivity index (χ0) is 22.3. The third-order valence-electron chi connectivity index (χ3n) is 4.62. The smallest absolute Gasteiger partial charge is 0.365 e. The number of primary amides is 1. The summed E-state index contributed by atoms with van der Waals surface area (Å²) < 4.78 is 83.2. The van der Waals surface area contributed by atoms with Gasteiger partial charge in [-0.05, 0) is 42.7 Å². The second kappa shape index (κ2) is 7.76. The number of hydrogen-bond acceptors (Lipinski definition) is 5. The summed E-state index contributed by atoms with van der Waals surface area (Å²) in [4.78, 5) is 24.2.